The van der Waals surface area contributed by atoms with Gasteiger partial charge in [-0.1, -0.05) is 20.3 Å². The van der Waals surface area contributed by atoms with E-state index in [1.807, 2.05) is 0 Å². The number of aliphatic hydroxyl groups excluding tert-OH is 1. The summed E-state index contributed by atoms with van der Waals surface area (Å²) in [6.07, 6.45) is 6.28. The largest absolute Gasteiger partial charge is 0.396 e. The Hall–Kier alpha value is -0.0800. The summed E-state index contributed by atoms with van der Waals surface area (Å²) >= 11 is 0. The van der Waals surface area contributed by atoms with Crippen molar-refractivity contribution in [1.29, 1.82) is 0 Å². The first-order chi connectivity index (χ1) is 6.79. The molecule has 14 heavy (non-hydrogen) atoms. The van der Waals surface area contributed by atoms with Gasteiger partial charge in [-0.2, -0.15) is 0 Å². The van der Waals surface area contributed by atoms with Gasteiger partial charge in [0, 0.05) is 19.2 Å². The van der Waals surface area contributed by atoms with Crippen LogP contribution in [0.2, 0.25) is 0 Å². The summed E-state index contributed by atoms with van der Waals surface area (Å²) < 4.78 is 0. The molecule has 1 fully saturated rings. The fourth-order valence-corrected chi connectivity index (χ4v) is 2.27. The van der Waals surface area contributed by atoms with Crippen molar-refractivity contribution in [2.24, 2.45) is 5.92 Å². The van der Waals surface area contributed by atoms with Crippen LogP contribution >= 0.6 is 0 Å². The summed E-state index contributed by atoms with van der Waals surface area (Å²) in [5.74, 6) is 0.880. The lowest BCUT2D eigenvalue weighted by molar-refractivity contribution is 0.0649. The molecule has 1 aliphatic carbocycles. The molecule has 0 bridgehead atoms. The maximum atomic E-state index is 8.85. The SMILES string of the molecule is CCCCN(CCCO)C1CCC1C. The van der Waals surface area contributed by atoms with Crippen molar-refractivity contribution in [3.8, 4) is 0 Å². The van der Waals surface area contributed by atoms with E-state index >= 15 is 0 Å². The van der Waals surface area contributed by atoms with Gasteiger partial charge in [0.15, 0.2) is 0 Å². The Balaban J connectivity index is 2.27. The second kappa shape index (κ2) is 6.41. The number of aliphatic hydroxyl groups is 1. The molecule has 0 amide bonds. The maximum absolute atomic E-state index is 8.85. The number of nitrogens with zero attached hydrogens (tertiary/aromatic N) is 1. The Kier molecular flexibility index (Phi) is 5.49. The van der Waals surface area contributed by atoms with Gasteiger partial charge < -0.3 is 10.0 Å². The van der Waals surface area contributed by atoms with Crippen LogP contribution in [0.25, 0.3) is 0 Å². The summed E-state index contributed by atoms with van der Waals surface area (Å²) in [6, 6.07) is 0.813. The molecule has 0 aromatic heterocycles. The third-order valence-electron chi connectivity index (χ3n) is 3.45. The number of rotatable bonds is 7. The standard InChI is InChI=1S/C12H25NO/c1-3-4-8-13(9-5-10-14)12-7-6-11(12)2/h11-12,14H,3-10H2,1-2H3. The first kappa shape index (κ1) is 12.0. The van der Waals surface area contributed by atoms with E-state index in [1.165, 1.54) is 32.2 Å². The lowest BCUT2D eigenvalue weighted by atomic mass is 9.80. The van der Waals surface area contributed by atoms with Crippen molar-refractivity contribution in [2.45, 2.75) is 52.0 Å². The molecule has 84 valence electrons. The highest BCUT2D eigenvalue weighted by atomic mass is 16.3. The first-order valence-corrected chi connectivity index (χ1v) is 6.14. The van der Waals surface area contributed by atoms with E-state index in [1.54, 1.807) is 0 Å². The molecule has 1 N–H and O–H groups in total. The maximum Gasteiger partial charge on any atom is 0.0443 e. The van der Waals surface area contributed by atoms with Crippen LogP contribution in [-0.2, 0) is 0 Å². The van der Waals surface area contributed by atoms with Crippen LogP contribution in [0.4, 0.5) is 0 Å². The summed E-state index contributed by atoms with van der Waals surface area (Å²) in [6.45, 7) is 7.25. The van der Waals surface area contributed by atoms with Crippen LogP contribution < -0.4 is 0 Å². The molecule has 2 unspecified atom stereocenters. The van der Waals surface area contributed by atoms with Gasteiger partial charge >= 0.3 is 0 Å². The molecule has 0 aromatic carbocycles. The minimum absolute atomic E-state index is 0.337. The third-order valence-corrected chi connectivity index (χ3v) is 3.45. The second-order valence-corrected chi connectivity index (χ2v) is 4.59. The average Bonchev–Trinajstić information content (AvgIpc) is 2.19. The van der Waals surface area contributed by atoms with Crippen LogP contribution in [0.1, 0.15) is 46.0 Å². The third kappa shape index (κ3) is 3.25. The highest BCUT2D eigenvalue weighted by Gasteiger charge is 2.31. The number of hydrogen-bond donors (Lipinski definition) is 1. The van der Waals surface area contributed by atoms with Crippen molar-refractivity contribution in [3.05, 3.63) is 0 Å². The minimum Gasteiger partial charge on any atom is -0.396 e. The smallest absolute Gasteiger partial charge is 0.0443 e. The molecule has 2 atom stereocenters. The molecule has 0 spiro atoms. The lowest BCUT2D eigenvalue weighted by Crippen LogP contribution is -2.46. The van der Waals surface area contributed by atoms with Crippen molar-refractivity contribution < 1.29 is 5.11 Å². The second-order valence-electron chi connectivity index (χ2n) is 4.59. The van der Waals surface area contributed by atoms with Crippen LogP contribution in [0.15, 0.2) is 0 Å². The van der Waals surface area contributed by atoms with Crippen LogP contribution in [0.3, 0.4) is 0 Å². The molecule has 0 saturated heterocycles. The highest BCUT2D eigenvalue weighted by molar-refractivity contribution is 4.86. The van der Waals surface area contributed by atoms with Crippen molar-refractivity contribution >= 4 is 0 Å². The minimum atomic E-state index is 0.337. The molecular formula is C12H25NO. The number of hydrogen-bond acceptors (Lipinski definition) is 2. The molecule has 2 heteroatoms. The van der Waals surface area contributed by atoms with Gasteiger partial charge in [0.05, 0.1) is 0 Å². The van der Waals surface area contributed by atoms with Gasteiger partial charge in [0.25, 0.3) is 0 Å². The Morgan fingerprint density at radius 3 is 2.36 bits per heavy atom. The Labute approximate surface area is 88.3 Å². The zero-order valence-corrected chi connectivity index (χ0v) is 9.71. The van der Waals surface area contributed by atoms with Gasteiger partial charge in [-0.05, 0) is 38.1 Å². The quantitative estimate of drug-likeness (QED) is 0.680. The fourth-order valence-electron chi connectivity index (χ4n) is 2.27. The van der Waals surface area contributed by atoms with Gasteiger partial charge in [-0.25, -0.2) is 0 Å². The van der Waals surface area contributed by atoms with E-state index in [0.717, 1.165) is 24.9 Å². The van der Waals surface area contributed by atoms with Crippen LogP contribution in [-0.4, -0.2) is 35.7 Å². The summed E-state index contributed by atoms with van der Waals surface area (Å²) in [4.78, 5) is 2.59. The zero-order valence-electron chi connectivity index (χ0n) is 9.71. The Morgan fingerprint density at radius 2 is 1.93 bits per heavy atom. The zero-order chi connectivity index (χ0) is 10.4. The molecule has 0 radical (unpaired) electrons. The van der Waals surface area contributed by atoms with Gasteiger partial charge in [-0.3, -0.25) is 0 Å². The molecule has 2 nitrogen and oxygen atoms in total. The highest BCUT2D eigenvalue weighted by Crippen LogP contribution is 2.31. The fraction of sp³-hybridized carbons (Fsp3) is 1.00. The van der Waals surface area contributed by atoms with E-state index in [9.17, 15) is 0 Å². The molecule has 1 saturated carbocycles. The van der Waals surface area contributed by atoms with Gasteiger partial charge in [-0.15, -0.1) is 0 Å². The topological polar surface area (TPSA) is 23.5 Å². The first-order valence-electron chi connectivity index (χ1n) is 6.14. The molecule has 1 aliphatic rings. The predicted octanol–water partition coefficient (Wildman–Crippen LogP) is 2.27. The molecule has 0 heterocycles. The Morgan fingerprint density at radius 1 is 1.21 bits per heavy atom. The predicted molar refractivity (Wildman–Crippen MR) is 60.4 cm³/mol. The van der Waals surface area contributed by atoms with Gasteiger partial charge in [0.2, 0.25) is 0 Å². The monoisotopic (exact) mass is 199 g/mol. The van der Waals surface area contributed by atoms with Crippen LogP contribution in [0, 0.1) is 5.92 Å². The van der Waals surface area contributed by atoms with Gasteiger partial charge in [0.1, 0.15) is 0 Å². The van der Waals surface area contributed by atoms with Crippen molar-refractivity contribution in [3.63, 3.8) is 0 Å². The van der Waals surface area contributed by atoms with Crippen molar-refractivity contribution in [1.82, 2.24) is 4.90 Å². The summed E-state index contributed by atoms with van der Waals surface area (Å²) in [7, 11) is 0. The lowest BCUT2D eigenvalue weighted by Gasteiger charge is -2.43. The summed E-state index contributed by atoms with van der Waals surface area (Å²) in [5.41, 5.74) is 0. The summed E-state index contributed by atoms with van der Waals surface area (Å²) in [5, 5.41) is 8.85. The number of unbranched alkanes of at least 4 members (excludes halogenated alkanes) is 1. The Bertz CT molecular complexity index is 141. The van der Waals surface area contributed by atoms with E-state index in [0.29, 0.717) is 6.61 Å². The van der Waals surface area contributed by atoms with Crippen molar-refractivity contribution in [2.75, 3.05) is 19.7 Å². The van der Waals surface area contributed by atoms with E-state index in [4.69, 9.17) is 5.11 Å². The molecule has 0 aliphatic heterocycles. The molecular weight excluding hydrogens is 174 g/mol. The van der Waals surface area contributed by atoms with Crippen LogP contribution in [0.5, 0.6) is 0 Å². The van der Waals surface area contributed by atoms with E-state index in [-0.39, 0.29) is 0 Å². The van der Waals surface area contributed by atoms with E-state index < -0.39 is 0 Å². The molecule has 1 rings (SSSR count). The normalized spacial score (nSPS) is 26.6. The molecule has 0 aromatic rings. The van der Waals surface area contributed by atoms with E-state index in [2.05, 4.69) is 18.7 Å². The average molecular weight is 199 g/mol.